The molecule has 13 heavy (non-hydrogen) atoms. The zero-order valence-electron chi connectivity index (χ0n) is 7.92. The number of β-amino-alcohol motifs (C(OH)–C–C–N with tert-alkyl or cyclic N) is 1. The first-order valence-electron chi connectivity index (χ1n) is 4.74. The van der Waals surface area contributed by atoms with Gasteiger partial charge in [0.15, 0.2) is 0 Å². The lowest BCUT2D eigenvalue weighted by Crippen LogP contribution is -2.45. The maximum Gasteiger partial charge on any atom is 0.242 e. The van der Waals surface area contributed by atoms with Crippen molar-refractivity contribution in [1.82, 2.24) is 4.90 Å². The third-order valence-electron chi connectivity index (χ3n) is 2.95. The molecule has 2 fully saturated rings. The van der Waals surface area contributed by atoms with Gasteiger partial charge < -0.3 is 15.7 Å². The predicted molar refractivity (Wildman–Crippen MR) is 48.0 cm³/mol. The second kappa shape index (κ2) is 2.45. The first-order valence-corrected chi connectivity index (χ1v) is 4.74. The Morgan fingerprint density at radius 3 is 2.46 bits per heavy atom. The van der Waals surface area contributed by atoms with Gasteiger partial charge in [0.25, 0.3) is 0 Å². The number of hydrogen-bond donors (Lipinski definition) is 2. The Kier molecular flexibility index (Phi) is 1.69. The zero-order chi connectivity index (χ0) is 9.69. The lowest BCUT2D eigenvalue weighted by molar-refractivity contribution is -0.133. The molecule has 1 aliphatic heterocycles. The van der Waals surface area contributed by atoms with Gasteiger partial charge in [-0.2, -0.15) is 0 Å². The minimum absolute atomic E-state index is 0.0188. The zero-order valence-corrected chi connectivity index (χ0v) is 7.92. The summed E-state index contributed by atoms with van der Waals surface area (Å²) in [5, 5.41) is 9.67. The van der Waals surface area contributed by atoms with Gasteiger partial charge in [-0.15, -0.1) is 0 Å². The van der Waals surface area contributed by atoms with Crippen LogP contribution >= 0.6 is 0 Å². The van der Waals surface area contributed by atoms with Gasteiger partial charge in [-0.25, -0.2) is 0 Å². The number of rotatable bonds is 1. The van der Waals surface area contributed by atoms with Crippen LogP contribution in [-0.2, 0) is 4.79 Å². The highest BCUT2D eigenvalue weighted by Crippen LogP contribution is 2.36. The van der Waals surface area contributed by atoms with E-state index in [0.717, 1.165) is 12.8 Å². The van der Waals surface area contributed by atoms with Gasteiger partial charge in [-0.3, -0.25) is 4.79 Å². The van der Waals surface area contributed by atoms with Crippen LogP contribution in [-0.4, -0.2) is 40.1 Å². The molecule has 1 heterocycles. The molecule has 0 aromatic rings. The molecule has 1 unspecified atom stereocenters. The van der Waals surface area contributed by atoms with Gasteiger partial charge >= 0.3 is 0 Å². The van der Waals surface area contributed by atoms with Crippen molar-refractivity contribution < 1.29 is 9.90 Å². The van der Waals surface area contributed by atoms with E-state index in [9.17, 15) is 9.90 Å². The SMILES string of the molecule is CC1(O)CCN(C(=O)C2(N)CC2)C1. The number of nitrogens with zero attached hydrogens (tertiary/aromatic N) is 1. The van der Waals surface area contributed by atoms with Crippen molar-refractivity contribution in [2.75, 3.05) is 13.1 Å². The Morgan fingerprint density at radius 1 is 1.46 bits per heavy atom. The van der Waals surface area contributed by atoms with Crippen LogP contribution in [0.5, 0.6) is 0 Å². The van der Waals surface area contributed by atoms with Crippen LogP contribution in [0.2, 0.25) is 0 Å². The number of nitrogens with two attached hydrogens (primary N) is 1. The molecule has 2 rings (SSSR count). The molecule has 1 saturated heterocycles. The van der Waals surface area contributed by atoms with E-state index in [2.05, 4.69) is 0 Å². The average Bonchev–Trinajstić information content (AvgIpc) is 2.67. The van der Waals surface area contributed by atoms with E-state index in [1.807, 2.05) is 0 Å². The molecular formula is C9H16N2O2. The Labute approximate surface area is 77.7 Å². The van der Waals surface area contributed by atoms with Crippen molar-refractivity contribution in [3.63, 3.8) is 0 Å². The van der Waals surface area contributed by atoms with Gasteiger partial charge in [0.1, 0.15) is 0 Å². The number of hydrogen-bond acceptors (Lipinski definition) is 3. The largest absolute Gasteiger partial charge is 0.388 e. The highest BCUT2D eigenvalue weighted by atomic mass is 16.3. The monoisotopic (exact) mass is 184 g/mol. The van der Waals surface area contributed by atoms with Gasteiger partial charge in [0.05, 0.1) is 11.1 Å². The van der Waals surface area contributed by atoms with Crippen molar-refractivity contribution in [2.45, 2.75) is 37.3 Å². The van der Waals surface area contributed by atoms with Crippen molar-refractivity contribution >= 4 is 5.91 Å². The molecule has 2 aliphatic rings. The lowest BCUT2D eigenvalue weighted by atomic mass is 10.1. The van der Waals surface area contributed by atoms with Crippen molar-refractivity contribution in [3.05, 3.63) is 0 Å². The fourth-order valence-electron chi connectivity index (χ4n) is 1.78. The molecule has 0 aromatic heterocycles. The molecular weight excluding hydrogens is 168 g/mol. The van der Waals surface area contributed by atoms with E-state index in [0.29, 0.717) is 19.5 Å². The maximum absolute atomic E-state index is 11.7. The molecule has 1 saturated carbocycles. The Balaban J connectivity index is 2.00. The Morgan fingerprint density at radius 2 is 2.08 bits per heavy atom. The highest BCUT2D eigenvalue weighted by molar-refractivity contribution is 5.89. The minimum Gasteiger partial charge on any atom is -0.388 e. The molecule has 1 aliphatic carbocycles. The standard InChI is InChI=1S/C9H16N2O2/c1-8(13)4-5-11(6-8)7(12)9(10)2-3-9/h13H,2-6,10H2,1H3. The van der Waals surface area contributed by atoms with E-state index in [1.165, 1.54) is 0 Å². The summed E-state index contributed by atoms with van der Waals surface area (Å²) in [4.78, 5) is 13.4. The molecule has 0 radical (unpaired) electrons. The molecule has 0 bridgehead atoms. The van der Waals surface area contributed by atoms with Crippen LogP contribution in [0.3, 0.4) is 0 Å². The Bertz CT molecular complexity index is 246. The molecule has 0 spiro atoms. The molecule has 4 nitrogen and oxygen atoms in total. The minimum atomic E-state index is -0.707. The van der Waals surface area contributed by atoms with Crippen LogP contribution in [0.4, 0.5) is 0 Å². The van der Waals surface area contributed by atoms with Gasteiger partial charge in [0.2, 0.25) is 5.91 Å². The van der Waals surface area contributed by atoms with Gasteiger partial charge in [0, 0.05) is 13.1 Å². The number of carbonyl (C=O) groups excluding carboxylic acids is 1. The maximum atomic E-state index is 11.7. The number of amides is 1. The van der Waals surface area contributed by atoms with Crippen LogP contribution < -0.4 is 5.73 Å². The van der Waals surface area contributed by atoms with Crippen molar-refractivity contribution in [2.24, 2.45) is 5.73 Å². The summed E-state index contributed by atoms with van der Waals surface area (Å²) in [5.74, 6) is 0.0188. The van der Waals surface area contributed by atoms with Gasteiger partial charge in [-0.05, 0) is 26.2 Å². The lowest BCUT2D eigenvalue weighted by Gasteiger charge is -2.21. The van der Waals surface area contributed by atoms with Crippen LogP contribution in [0.15, 0.2) is 0 Å². The number of aliphatic hydroxyl groups is 1. The molecule has 3 N–H and O–H groups in total. The summed E-state index contributed by atoms with van der Waals surface area (Å²) >= 11 is 0. The number of likely N-dealkylation sites (tertiary alicyclic amines) is 1. The normalized spacial score (nSPS) is 36.4. The van der Waals surface area contributed by atoms with Crippen LogP contribution in [0.1, 0.15) is 26.2 Å². The van der Waals surface area contributed by atoms with Gasteiger partial charge in [-0.1, -0.05) is 0 Å². The van der Waals surface area contributed by atoms with E-state index >= 15 is 0 Å². The van der Waals surface area contributed by atoms with E-state index in [4.69, 9.17) is 5.73 Å². The second-order valence-electron chi connectivity index (χ2n) is 4.63. The molecule has 4 heteroatoms. The second-order valence-corrected chi connectivity index (χ2v) is 4.63. The van der Waals surface area contributed by atoms with E-state index in [1.54, 1.807) is 11.8 Å². The average molecular weight is 184 g/mol. The fraction of sp³-hybridized carbons (Fsp3) is 0.889. The summed E-state index contributed by atoms with van der Waals surface area (Å²) in [6.45, 7) is 2.84. The molecule has 1 atom stereocenters. The highest BCUT2D eigenvalue weighted by Gasteiger charge is 2.50. The fourth-order valence-corrected chi connectivity index (χ4v) is 1.78. The summed E-state index contributed by atoms with van der Waals surface area (Å²) in [5.41, 5.74) is 4.50. The quantitative estimate of drug-likeness (QED) is 0.575. The molecule has 0 aromatic carbocycles. The molecule has 74 valence electrons. The third kappa shape index (κ3) is 1.56. The summed E-state index contributed by atoms with van der Waals surface area (Å²) in [7, 11) is 0. The van der Waals surface area contributed by atoms with E-state index in [-0.39, 0.29) is 5.91 Å². The molecule has 1 amide bonds. The smallest absolute Gasteiger partial charge is 0.242 e. The first-order chi connectivity index (χ1) is 5.93. The predicted octanol–water partition coefficient (Wildman–Crippen LogP) is -0.539. The van der Waals surface area contributed by atoms with Crippen molar-refractivity contribution in [3.8, 4) is 0 Å². The topological polar surface area (TPSA) is 66.6 Å². The summed E-state index contributed by atoms with van der Waals surface area (Å²) in [6.07, 6.45) is 2.25. The van der Waals surface area contributed by atoms with E-state index < -0.39 is 11.1 Å². The summed E-state index contributed by atoms with van der Waals surface area (Å²) in [6, 6.07) is 0. The van der Waals surface area contributed by atoms with Crippen molar-refractivity contribution in [1.29, 1.82) is 0 Å². The van der Waals surface area contributed by atoms with Crippen LogP contribution in [0.25, 0.3) is 0 Å². The Hall–Kier alpha value is -0.610. The number of carbonyl (C=O) groups is 1. The summed E-state index contributed by atoms with van der Waals surface area (Å²) < 4.78 is 0. The first kappa shape index (κ1) is 8.97. The van der Waals surface area contributed by atoms with Crippen LogP contribution in [0, 0.1) is 0 Å². The third-order valence-corrected chi connectivity index (χ3v) is 2.95.